The van der Waals surface area contributed by atoms with Gasteiger partial charge in [-0.05, 0) is 29.9 Å². The fourth-order valence-electron chi connectivity index (χ4n) is 2.92. The maximum Gasteiger partial charge on any atom is 0.120 e. The van der Waals surface area contributed by atoms with Crippen molar-refractivity contribution in [2.45, 2.75) is 26.7 Å². The predicted molar refractivity (Wildman–Crippen MR) is 77.3 cm³/mol. The Kier molecular flexibility index (Phi) is 3.99. The molecule has 1 aromatic carbocycles. The lowest BCUT2D eigenvalue weighted by Gasteiger charge is -2.44. The molecule has 0 saturated carbocycles. The second-order valence-electron chi connectivity index (χ2n) is 5.96. The van der Waals surface area contributed by atoms with Crippen LogP contribution in [0.1, 0.15) is 26.7 Å². The Morgan fingerprint density at radius 1 is 1.47 bits per heavy atom. The molecule has 1 aliphatic rings. The standard InChI is InChI=1S/C16H22N2O/c1-16(2)12-18(10-8-13(16)7-9-17)14-5-4-6-15(11-14)19-3/h4-6,11,13H,7-8,10,12H2,1-3H3. The fraction of sp³-hybridized carbons (Fsp3) is 0.562. The van der Waals surface area contributed by atoms with Gasteiger partial charge in [0, 0.05) is 31.3 Å². The van der Waals surface area contributed by atoms with Crippen molar-refractivity contribution >= 4 is 5.69 Å². The fourth-order valence-corrected chi connectivity index (χ4v) is 2.92. The second-order valence-corrected chi connectivity index (χ2v) is 5.96. The van der Waals surface area contributed by atoms with Crippen molar-refractivity contribution in [3.8, 4) is 11.8 Å². The molecule has 2 rings (SSSR count). The Bertz CT molecular complexity index is 476. The molecule has 1 aliphatic heterocycles. The number of hydrogen-bond donors (Lipinski definition) is 0. The number of nitrogens with zero attached hydrogens (tertiary/aromatic N) is 2. The molecule has 0 radical (unpaired) electrons. The van der Waals surface area contributed by atoms with Gasteiger partial charge in [0.1, 0.15) is 5.75 Å². The minimum absolute atomic E-state index is 0.178. The molecule has 19 heavy (non-hydrogen) atoms. The zero-order chi connectivity index (χ0) is 13.9. The first-order valence-electron chi connectivity index (χ1n) is 6.83. The number of anilines is 1. The van der Waals surface area contributed by atoms with E-state index in [9.17, 15) is 0 Å². The van der Waals surface area contributed by atoms with Crippen molar-refractivity contribution in [2.75, 3.05) is 25.1 Å². The average molecular weight is 258 g/mol. The van der Waals surface area contributed by atoms with E-state index in [1.54, 1.807) is 7.11 Å². The predicted octanol–water partition coefficient (Wildman–Crippen LogP) is 3.46. The maximum atomic E-state index is 8.92. The van der Waals surface area contributed by atoms with Gasteiger partial charge in [-0.2, -0.15) is 5.26 Å². The van der Waals surface area contributed by atoms with E-state index in [4.69, 9.17) is 10.00 Å². The van der Waals surface area contributed by atoms with Crippen molar-refractivity contribution in [1.82, 2.24) is 0 Å². The molecule has 1 saturated heterocycles. The molecule has 3 heteroatoms. The summed E-state index contributed by atoms with van der Waals surface area (Å²) in [5.41, 5.74) is 1.39. The zero-order valence-corrected chi connectivity index (χ0v) is 12.0. The molecule has 1 heterocycles. The van der Waals surface area contributed by atoms with Crippen molar-refractivity contribution in [3.63, 3.8) is 0 Å². The first-order valence-corrected chi connectivity index (χ1v) is 6.83. The van der Waals surface area contributed by atoms with Gasteiger partial charge in [0.15, 0.2) is 0 Å². The monoisotopic (exact) mass is 258 g/mol. The topological polar surface area (TPSA) is 36.3 Å². The van der Waals surface area contributed by atoms with Crippen molar-refractivity contribution in [2.24, 2.45) is 11.3 Å². The van der Waals surface area contributed by atoms with E-state index in [2.05, 4.69) is 36.9 Å². The van der Waals surface area contributed by atoms with Crippen LogP contribution < -0.4 is 9.64 Å². The summed E-state index contributed by atoms with van der Waals surface area (Å²) in [5, 5.41) is 8.92. The van der Waals surface area contributed by atoms with Crippen molar-refractivity contribution in [1.29, 1.82) is 5.26 Å². The van der Waals surface area contributed by atoms with Crippen LogP contribution in [0, 0.1) is 22.7 Å². The summed E-state index contributed by atoms with van der Waals surface area (Å²) in [6.45, 7) is 6.54. The maximum absolute atomic E-state index is 8.92. The molecule has 0 N–H and O–H groups in total. The molecule has 0 aromatic heterocycles. The van der Waals surface area contributed by atoms with E-state index in [1.165, 1.54) is 5.69 Å². The van der Waals surface area contributed by atoms with Gasteiger partial charge >= 0.3 is 0 Å². The van der Waals surface area contributed by atoms with Crippen LogP contribution in [0.2, 0.25) is 0 Å². The van der Waals surface area contributed by atoms with E-state index in [0.29, 0.717) is 12.3 Å². The van der Waals surface area contributed by atoms with E-state index < -0.39 is 0 Å². The molecule has 0 spiro atoms. The van der Waals surface area contributed by atoms with Gasteiger partial charge in [0.2, 0.25) is 0 Å². The first-order chi connectivity index (χ1) is 9.06. The number of methoxy groups -OCH3 is 1. The molecule has 1 unspecified atom stereocenters. The van der Waals surface area contributed by atoms with Gasteiger partial charge in [0.25, 0.3) is 0 Å². The Balaban J connectivity index is 2.14. The van der Waals surface area contributed by atoms with Crippen LogP contribution in [0.15, 0.2) is 24.3 Å². The summed E-state index contributed by atoms with van der Waals surface area (Å²) in [6.07, 6.45) is 1.75. The third-order valence-electron chi connectivity index (χ3n) is 4.21. The van der Waals surface area contributed by atoms with E-state index >= 15 is 0 Å². The van der Waals surface area contributed by atoms with Crippen LogP contribution in [0.4, 0.5) is 5.69 Å². The summed E-state index contributed by atoms with van der Waals surface area (Å²) in [6, 6.07) is 10.5. The SMILES string of the molecule is COc1cccc(N2CCC(CC#N)C(C)(C)C2)c1. The quantitative estimate of drug-likeness (QED) is 0.833. The summed E-state index contributed by atoms with van der Waals surface area (Å²) >= 11 is 0. The molecule has 1 fully saturated rings. The van der Waals surface area contributed by atoms with Crippen LogP contribution in [0.3, 0.4) is 0 Å². The molecule has 0 bridgehead atoms. The average Bonchev–Trinajstić information content (AvgIpc) is 2.41. The smallest absolute Gasteiger partial charge is 0.120 e. The Morgan fingerprint density at radius 2 is 2.26 bits per heavy atom. The number of nitriles is 1. The third kappa shape index (κ3) is 3.01. The normalized spacial score (nSPS) is 21.8. The van der Waals surface area contributed by atoms with Crippen LogP contribution in [0.25, 0.3) is 0 Å². The lowest BCUT2D eigenvalue weighted by molar-refractivity contribution is 0.179. The Morgan fingerprint density at radius 3 is 2.89 bits per heavy atom. The molecular weight excluding hydrogens is 236 g/mol. The van der Waals surface area contributed by atoms with Gasteiger partial charge in [0.05, 0.1) is 13.2 Å². The van der Waals surface area contributed by atoms with Crippen LogP contribution in [-0.2, 0) is 0 Å². The second kappa shape index (κ2) is 5.52. The lowest BCUT2D eigenvalue weighted by atomic mass is 9.72. The minimum atomic E-state index is 0.178. The van der Waals surface area contributed by atoms with Gasteiger partial charge in [-0.25, -0.2) is 0 Å². The molecular formula is C16H22N2O. The highest BCUT2D eigenvalue weighted by Crippen LogP contribution is 2.38. The summed E-state index contributed by atoms with van der Waals surface area (Å²) in [4.78, 5) is 2.40. The summed E-state index contributed by atoms with van der Waals surface area (Å²) in [7, 11) is 1.70. The Labute approximate surface area is 115 Å². The first kappa shape index (κ1) is 13.7. The van der Waals surface area contributed by atoms with Gasteiger partial charge in [-0.1, -0.05) is 19.9 Å². The molecule has 102 valence electrons. The molecule has 1 aromatic rings. The molecule has 0 amide bonds. The molecule has 1 atom stereocenters. The molecule has 0 aliphatic carbocycles. The third-order valence-corrected chi connectivity index (χ3v) is 4.21. The summed E-state index contributed by atoms with van der Waals surface area (Å²) < 4.78 is 5.29. The zero-order valence-electron chi connectivity index (χ0n) is 12.0. The largest absolute Gasteiger partial charge is 0.497 e. The highest BCUT2D eigenvalue weighted by atomic mass is 16.5. The van der Waals surface area contributed by atoms with E-state index in [1.807, 2.05) is 12.1 Å². The number of hydrogen-bond acceptors (Lipinski definition) is 3. The molecule has 3 nitrogen and oxygen atoms in total. The van der Waals surface area contributed by atoms with Crippen LogP contribution >= 0.6 is 0 Å². The minimum Gasteiger partial charge on any atom is -0.497 e. The van der Waals surface area contributed by atoms with Gasteiger partial charge in [-0.15, -0.1) is 0 Å². The number of ether oxygens (including phenoxy) is 1. The highest BCUT2D eigenvalue weighted by Gasteiger charge is 2.35. The van der Waals surface area contributed by atoms with Crippen molar-refractivity contribution < 1.29 is 4.74 Å². The highest BCUT2D eigenvalue weighted by molar-refractivity contribution is 5.51. The van der Waals surface area contributed by atoms with Crippen molar-refractivity contribution in [3.05, 3.63) is 24.3 Å². The number of piperidine rings is 1. The Hall–Kier alpha value is -1.69. The summed E-state index contributed by atoms with van der Waals surface area (Å²) in [5.74, 6) is 1.40. The van der Waals surface area contributed by atoms with Gasteiger partial charge < -0.3 is 9.64 Å². The number of rotatable bonds is 3. The van der Waals surface area contributed by atoms with Crippen LogP contribution in [0.5, 0.6) is 5.75 Å². The van der Waals surface area contributed by atoms with E-state index in [-0.39, 0.29) is 5.41 Å². The number of benzene rings is 1. The van der Waals surface area contributed by atoms with Crippen LogP contribution in [-0.4, -0.2) is 20.2 Å². The lowest BCUT2D eigenvalue weighted by Crippen LogP contribution is -2.45. The van der Waals surface area contributed by atoms with E-state index in [0.717, 1.165) is 25.3 Å². The van der Waals surface area contributed by atoms with Gasteiger partial charge in [-0.3, -0.25) is 0 Å².